The zero-order valence-corrected chi connectivity index (χ0v) is 24.6. The molecule has 10 heteroatoms. The summed E-state index contributed by atoms with van der Waals surface area (Å²) >= 11 is 6.00. The van der Waals surface area contributed by atoms with E-state index in [1.54, 1.807) is 37.3 Å². The van der Waals surface area contributed by atoms with Crippen molar-refractivity contribution in [3.8, 4) is 0 Å². The molecule has 0 saturated heterocycles. The highest BCUT2D eigenvalue weighted by atomic mass is 35.5. The molecular formula is C32H31ClFN3O4S. The molecule has 0 aliphatic heterocycles. The quantitative estimate of drug-likeness (QED) is 0.232. The van der Waals surface area contributed by atoms with Crippen LogP contribution in [0.5, 0.6) is 0 Å². The van der Waals surface area contributed by atoms with Crippen molar-refractivity contribution in [2.45, 2.75) is 30.8 Å². The number of hydrogen-bond acceptors (Lipinski definition) is 4. The zero-order valence-electron chi connectivity index (χ0n) is 23.0. The third-order valence-corrected chi connectivity index (χ3v) is 8.65. The predicted molar refractivity (Wildman–Crippen MR) is 162 cm³/mol. The lowest BCUT2D eigenvalue weighted by molar-refractivity contribution is -0.140. The Morgan fingerprint density at radius 1 is 0.833 bits per heavy atom. The molecule has 0 radical (unpaired) electrons. The number of rotatable bonds is 12. The van der Waals surface area contributed by atoms with E-state index >= 15 is 0 Å². The number of amides is 2. The van der Waals surface area contributed by atoms with Gasteiger partial charge in [-0.15, -0.1) is 0 Å². The second-order valence-corrected chi connectivity index (χ2v) is 11.8. The Hall–Kier alpha value is -4.21. The standard InChI is InChI=1S/C32H31ClFN3O4S/c1-2-35-32(39)30(21-24-9-5-3-6-10-24)36(22-25-13-17-27(34)18-14-25)31(38)23-37(28-11-7-4-8-12-28)42(40,41)29-19-15-26(33)16-20-29/h3-20,30H,2,21-23H2,1H3,(H,35,39). The summed E-state index contributed by atoms with van der Waals surface area (Å²) in [4.78, 5) is 29.0. The molecule has 7 nitrogen and oxygen atoms in total. The Morgan fingerprint density at radius 3 is 2.02 bits per heavy atom. The number of likely N-dealkylation sites (N-methyl/N-ethyl adjacent to an activating group) is 1. The minimum Gasteiger partial charge on any atom is -0.355 e. The van der Waals surface area contributed by atoms with E-state index in [-0.39, 0.29) is 29.5 Å². The zero-order chi connectivity index (χ0) is 30.1. The number of halogens is 2. The number of benzene rings is 4. The minimum atomic E-state index is -4.22. The van der Waals surface area contributed by atoms with Gasteiger partial charge in [-0.1, -0.05) is 72.3 Å². The summed E-state index contributed by atoms with van der Waals surface area (Å²) in [6.45, 7) is 1.49. The Bertz CT molecular complexity index is 1590. The molecule has 1 atom stereocenters. The molecule has 4 aromatic rings. The lowest BCUT2D eigenvalue weighted by Crippen LogP contribution is -2.53. The van der Waals surface area contributed by atoms with E-state index in [1.807, 2.05) is 30.3 Å². The fourth-order valence-electron chi connectivity index (χ4n) is 4.49. The molecule has 0 bridgehead atoms. The number of nitrogens with one attached hydrogen (secondary N) is 1. The molecule has 0 aromatic heterocycles. The molecule has 4 aromatic carbocycles. The highest BCUT2D eigenvalue weighted by molar-refractivity contribution is 7.92. The molecule has 4 rings (SSSR count). The molecule has 2 amide bonds. The highest BCUT2D eigenvalue weighted by Crippen LogP contribution is 2.26. The maximum atomic E-state index is 14.2. The van der Waals surface area contributed by atoms with Crippen LogP contribution in [0.4, 0.5) is 10.1 Å². The summed E-state index contributed by atoms with van der Waals surface area (Å²) < 4.78 is 42.5. The number of sulfonamides is 1. The number of anilines is 1. The van der Waals surface area contributed by atoms with Gasteiger partial charge in [0.25, 0.3) is 10.0 Å². The first-order valence-electron chi connectivity index (χ1n) is 13.4. The number of hydrogen-bond donors (Lipinski definition) is 1. The van der Waals surface area contributed by atoms with Gasteiger partial charge in [0.2, 0.25) is 11.8 Å². The molecule has 0 heterocycles. The molecule has 0 saturated carbocycles. The molecule has 1 unspecified atom stereocenters. The largest absolute Gasteiger partial charge is 0.355 e. The summed E-state index contributed by atoms with van der Waals surface area (Å²) in [6, 6.07) is 27.8. The van der Waals surface area contributed by atoms with E-state index < -0.39 is 34.3 Å². The summed E-state index contributed by atoms with van der Waals surface area (Å²) in [5.74, 6) is -1.43. The van der Waals surface area contributed by atoms with E-state index in [0.717, 1.165) is 9.87 Å². The van der Waals surface area contributed by atoms with Crippen LogP contribution in [0.25, 0.3) is 0 Å². The van der Waals surface area contributed by atoms with Crippen molar-refractivity contribution in [1.82, 2.24) is 10.2 Å². The Kier molecular flexibility index (Phi) is 10.3. The molecule has 0 spiro atoms. The lowest BCUT2D eigenvalue weighted by Gasteiger charge is -2.33. The maximum absolute atomic E-state index is 14.2. The highest BCUT2D eigenvalue weighted by Gasteiger charge is 2.34. The van der Waals surface area contributed by atoms with Crippen molar-refractivity contribution in [3.05, 3.63) is 131 Å². The SMILES string of the molecule is CCNC(=O)C(Cc1ccccc1)N(Cc1ccc(F)cc1)C(=O)CN(c1ccccc1)S(=O)(=O)c1ccc(Cl)cc1. The molecule has 0 fully saturated rings. The normalized spacial score (nSPS) is 11.9. The lowest BCUT2D eigenvalue weighted by atomic mass is 10.0. The van der Waals surface area contributed by atoms with E-state index in [9.17, 15) is 22.4 Å². The number of carbonyl (C=O) groups is 2. The van der Waals surface area contributed by atoms with E-state index in [1.165, 1.54) is 53.4 Å². The first-order chi connectivity index (χ1) is 20.2. The van der Waals surface area contributed by atoms with Crippen LogP contribution in [0, 0.1) is 5.82 Å². The van der Waals surface area contributed by atoms with Crippen molar-refractivity contribution in [3.63, 3.8) is 0 Å². The average Bonchev–Trinajstić information content (AvgIpc) is 2.99. The Balaban J connectivity index is 1.77. The van der Waals surface area contributed by atoms with Crippen LogP contribution < -0.4 is 9.62 Å². The molecule has 1 N–H and O–H groups in total. The van der Waals surface area contributed by atoms with E-state index in [0.29, 0.717) is 17.1 Å². The van der Waals surface area contributed by atoms with Crippen LogP contribution in [0.15, 0.2) is 114 Å². The topological polar surface area (TPSA) is 86.8 Å². The van der Waals surface area contributed by atoms with Gasteiger partial charge < -0.3 is 10.2 Å². The van der Waals surface area contributed by atoms with Crippen LogP contribution in [-0.2, 0) is 32.6 Å². The predicted octanol–water partition coefficient (Wildman–Crippen LogP) is 5.45. The van der Waals surface area contributed by atoms with E-state index in [2.05, 4.69) is 5.32 Å². The monoisotopic (exact) mass is 607 g/mol. The average molecular weight is 608 g/mol. The maximum Gasteiger partial charge on any atom is 0.264 e. The first-order valence-corrected chi connectivity index (χ1v) is 15.2. The molecule has 218 valence electrons. The fourth-order valence-corrected chi connectivity index (χ4v) is 6.03. The smallest absolute Gasteiger partial charge is 0.264 e. The van der Waals surface area contributed by atoms with E-state index in [4.69, 9.17) is 11.6 Å². The van der Waals surface area contributed by atoms with Crippen LogP contribution in [0.2, 0.25) is 5.02 Å². The minimum absolute atomic E-state index is 0.0433. The van der Waals surface area contributed by atoms with Crippen molar-refractivity contribution in [1.29, 1.82) is 0 Å². The van der Waals surface area contributed by atoms with Crippen molar-refractivity contribution < 1.29 is 22.4 Å². The van der Waals surface area contributed by atoms with Gasteiger partial charge in [-0.3, -0.25) is 13.9 Å². The van der Waals surface area contributed by atoms with Crippen LogP contribution in [0.3, 0.4) is 0 Å². The van der Waals surface area contributed by atoms with Gasteiger partial charge in [-0.25, -0.2) is 12.8 Å². The van der Waals surface area contributed by atoms with Crippen LogP contribution in [0.1, 0.15) is 18.1 Å². The van der Waals surface area contributed by atoms with Crippen molar-refractivity contribution in [2.75, 3.05) is 17.4 Å². The van der Waals surface area contributed by atoms with Gasteiger partial charge in [0.05, 0.1) is 10.6 Å². The summed E-state index contributed by atoms with van der Waals surface area (Å²) in [5.41, 5.74) is 1.68. The van der Waals surface area contributed by atoms with Gasteiger partial charge >= 0.3 is 0 Å². The van der Waals surface area contributed by atoms with Gasteiger partial charge in [0.1, 0.15) is 18.4 Å². The van der Waals surface area contributed by atoms with Gasteiger partial charge in [-0.2, -0.15) is 0 Å². The third kappa shape index (κ3) is 7.74. The molecular weight excluding hydrogens is 577 g/mol. The second kappa shape index (κ2) is 14.1. The second-order valence-electron chi connectivity index (χ2n) is 9.55. The Labute approximate surface area is 250 Å². The summed E-state index contributed by atoms with van der Waals surface area (Å²) in [5, 5.41) is 3.17. The number of carbonyl (C=O) groups excluding carboxylic acids is 2. The third-order valence-electron chi connectivity index (χ3n) is 6.61. The van der Waals surface area contributed by atoms with Crippen LogP contribution in [-0.4, -0.2) is 44.3 Å². The Morgan fingerprint density at radius 2 is 1.43 bits per heavy atom. The molecule has 0 aliphatic rings. The fraction of sp³-hybridized carbons (Fsp3) is 0.188. The van der Waals surface area contributed by atoms with Gasteiger partial charge in [-0.05, 0) is 66.6 Å². The number of nitrogens with zero attached hydrogens (tertiary/aromatic N) is 2. The van der Waals surface area contributed by atoms with Crippen molar-refractivity contribution >= 4 is 39.1 Å². The number of para-hydroxylation sites is 1. The molecule has 42 heavy (non-hydrogen) atoms. The summed E-state index contributed by atoms with van der Waals surface area (Å²) in [7, 11) is -4.22. The summed E-state index contributed by atoms with van der Waals surface area (Å²) in [6.07, 6.45) is 0.189. The van der Waals surface area contributed by atoms with Crippen LogP contribution >= 0.6 is 11.6 Å². The van der Waals surface area contributed by atoms with Gasteiger partial charge in [0.15, 0.2) is 0 Å². The van der Waals surface area contributed by atoms with Crippen molar-refractivity contribution in [2.24, 2.45) is 0 Å². The first kappa shape index (κ1) is 30.7. The van der Waals surface area contributed by atoms with Gasteiger partial charge in [0, 0.05) is 24.5 Å². The molecule has 0 aliphatic carbocycles.